The van der Waals surface area contributed by atoms with Gasteiger partial charge in [-0.25, -0.2) is 12.8 Å². The number of nitrogens with one attached hydrogen (secondary N) is 1. The van der Waals surface area contributed by atoms with Gasteiger partial charge in [0.05, 0.1) is 26.5 Å². The minimum atomic E-state index is -4.37. The van der Waals surface area contributed by atoms with Crippen LogP contribution in [0.15, 0.2) is 71.6 Å². The molecule has 0 bridgehead atoms. The number of halogens is 2. The molecule has 3 aromatic rings. The molecule has 33 heavy (non-hydrogen) atoms. The Kier molecular flexibility index (Phi) is 7.91. The third-order valence-corrected chi connectivity index (χ3v) is 6.96. The summed E-state index contributed by atoms with van der Waals surface area (Å²) in [5.74, 6) is -0.714. The monoisotopic (exact) mass is 492 g/mol. The second kappa shape index (κ2) is 10.7. The Morgan fingerprint density at radius 2 is 1.73 bits per heavy atom. The summed E-state index contributed by atoms with van der Waals surface area (Å²) in [6.07, 6.45) is 0. The number of methoxy groups -OCH3 is 2. The number of nitrogens with zero attached hydrogens (tertiary/aromatic N) is 1. The maximum atomic E-state index is 14.4. The van der Waals surface area contributed by atoms with Crippen LogP contribution in [0.2, 0.25) is 5.02 Å². The predicted molar refractivity (Wildman–Crippen MR) is 124 cm³/mol. The maximum absolute atomic E-state index is 14.4. The molecule has 0 saturated carbocycles. The third kappa shape index (κ3) is 5.81. The molecule has 0 unspecified atom stereocenters. The topological polar surface area (TPSA) is 84.9 Å². The van der Waals surface area contributed by atoms with Gasteiger partial charge in [-0.2, -0.15) is 4.31 Å². The van der Waals surface area contributed by atoms with E-state index in [4.69, 9.17) is 21.1 Å². The number of hydrogen-bond donors (Lipinski definition) is 1. The van der Waals surface area contributed by atoms with Crippen molar-refractivity contribution in [1.82, 2.24) is 4.31 Å². The molecule has 0 atom stereocenters. The Bertz CT molecular complexity index is 1250. The highest BCUT2D eigenvalue weighted by Gasteiger charge is 2.30. The van der Waals surface area contributed by atoms with Gasteiger partial charge in [-0.15, -0.1) is 0 Å². The van der Waals surface area contributed by atoms with E-state index in [1.807, 2.05) is 0 Å². The Hall–Kier alpha value is -3.14. The first kappa shape index (κ1) is 24.5. The average Bonchev–Trinajstić information content (AvgIpc) is 2.80. The van der Waals surface area contributed by atoms with E-state index in [0.717, 1.165) is 16.4 Å². The number of amides is 1. The first-order chi connectivity index (χ1) is 15.8. The Balaban J connectivity index is 1.92. The van der Waals surface area contributed by atoms with Gasteiger partial charge in [-0.3, -0.25) is 4.79 Å². The van der Waals surface area contributed by atoms with Gasteiger partial charge in [0.15, 0.2) is 0 Å². The van der Waals surface area contributed by atoms with Crippen molar-refractivity contribution in [3.8, 4) is 11.5 Å². The maximum Gasteiger partial charge on any atom is 0.246 e. The molecule has 1 N–H and O–H groups in total. The van der Waals surface area contributed by atoms with E-state index in [2.05, 4.69) is 5.32 Å². The molecule has 0 heterocycles. The summed E-state index contributed by atoms with van der Waals surface area (Å²) in [4.78, 5) is 12.3. The second-order valence-electron chi connectivity index (χ2n) is 6.91. The Morgan fingerprint density at radius 3 is 2.39 bits per heavy atom. The van der Waals surface area contributed by atoms with Crippen LogP contribution in [0.4, 0.5) is 10.1 Å². The van der Waals surface area contributed by atoms with Gasteiger partial charge in [0.25, 0.3) is 0 Å². The van der Waals surface area contributed by atoms with Crippen molar-refractivity contribution >= 4 is 33.2 Å². The van der Waals surface area contributed by atoms with Crippen LogP contribution in [0, 0.1) is 5.82 Å². The van der Waals surface area contributed by atoms with Crippen molar-refractivity contribution in [2.24, 2.45) is 0 Å². The van der Waals surface area contributed by atoms with Gasteiger partial charge in [-0.05, 0) is 35.9 Å². The first-order valence-corrected chi connectivity index (χ1v) is 11.6. The van der Waals surface area contributed by atoms with E-state index in [9.17, 15) is 17.6 Å². The lowest BCUT2D eigenvalue weighted by Crippen LogP contribution is -2.38. The van der Waals surface area contributed by atoms with Crippen molar-refractivity contribution in [3.63, 3.8) is 0 Å². The fourth-order valence-corrected chi connectivity index (χ4v) is 4.72. The lowest BCUT2D eigenvalue weighted by Gasteiger charge is -2.23. The van der Waals surface area contributed by atoms with Crippen LogP contribution in [0.5, 0.6) is 11.5 Å². The lowest BCUT2D eigenvalue weighted by atomic mass is 10.2. The van der Waals surface area contributed by atoms with Crippen molar-refractivity contribution < 1.29 is 27.1 Å². The van der Waals surface area contributed by atoms with Gasteiger partial charge in [0, 0.05) is 17.6 Å². The zero-order valence-electron chi connectivity index (χ0n) is 17.9. The predicted octanol–water partition coefficient (Wildman–Crippen LogP) is 4.33. The molecular formula is C23H22ClFN2O5S. The summed E-state index contributed by atoms with van der Waals surface area (Å²) in [6.45, 7) is -0.819. The summed E-state index contributed by atoms with van der Waals surface area (Å²) in [5.41, 5.74) is 0.790. The van der Waals surface area contributed by atoms with Gasteiger partial charge in [0.1, 0.15) is 22.2 Å². The molecule has 0 aliphatic heterocycles. The number of ether oxygens (including phenoxy) is 2. The van der Waals surface area contributed by atoms with E-state index < -0.39 is 33.2 Å². The number of sulfonamides is 1. The molecule has 174 valence electrons. The van der Waals surface area contributed by atoms with E-state index in [-0.39, 0.29) is 6.54 Å². The molecule has 0 aliphatic rings. The molecule has 10 heteroatoms. The zero-order valence-corrected chi connectivity index (χ0v) is 19.5. The summed E-state index contributed by atoms with van der Waals surface area (Å²) < 4.78 is 52.2. The van der Waals surface area contributed by atoms with E-state index in [0.29, 0.717) is 27.8 Å². The van der Waals surface area contributed by atoms with Crippen LogP contribution in [-0.2, 0) is 21.4 Å². The van der Waals surface area contributed by atoms with Gasteiger partial charge < -0.3 is 14.8 Å². The SMILES string of the molecule is COc1ccc(NC(=O)CN(Cc2ccccc2Cl)S(=O)(=O)c2ccccc2F)c(OC)c1. The molecule has 3 rings (SSSR count). The number of anilines is 1. The second-order valence-corrected chi connectivity index (χ2v) is 9.22. The number of carbonyl (C=O) groups excluding carboxylic acids is 1. The summed E-state index contributed by atoms with van der Waals surface area (Å²) in [5, 5.41) is 2.95. The van der Waals surface area contributed by atoms with Crippen LogP contribution in [0.25, 0.3) is 0 Å². The molecule has 1 amide bonds. The standard InChI is InChI=1S/C23H22ClFN2O5S/c1-31-17-11-12-20(21(13-17)32-2)26-23(28)15-27(14-16-7-3-4-8-18(16)24)33(29,30)22-10-6-5-9-19(22)25/h3-13H,14-15H2,1-2H3,(H,26,28). The Labute approximate surface area is 196 Å². The van der Waals surface area contributed by atoms with Crippen LogP contribution >= 0.6 is 11.6 Å². The molecule has 0 aromatic heterocycles. The van der Waals surface area contributed by atoms with Crippen LogP contribution in [0.3, 0.4) is 0 Å². The molecule has 0 fully saturated rings. The largest absolute Gasteiger partial charge is 0.497 e. The average molecular weight is 493 g/mol. The van der Waals surface area contributed by atoms with E-state index in [1.165, 1.54) is 26.4 Å². The van der Waals surface area contributed by atoms with Crippen molar-refractivity contribution in [2.75, 3.05) is 26.1 Å². The van der Waals surface area contributed by atoms with Crippen LogP contribution < -0.4 is 14.8 Å². The first-order valence-electron chi connectivity index (χ1n) is 9.76. The molecule has 0 spiro atoms. The van der Waals surface area contributed by atoms with Crippen LogP contribution in [0.1, 0.15) is 5.56 Å². The third-order valence-electron chi connectivity index (χ3n) is 4.76. The minimum Gasteiger partial charge on any atom is -0.497 e. The lowest BCUT2D eigenvalue weighted by molar-refractivity contribution is -0.116. The smallest absolute Gasteiger partial charge is 0.246 e. The van der Waals surface area contributed by atoms with Gasteiger partial charge >= 0.3 is 0 Å². The van der Waals surface area contributed by atoms with Crippen molar-refractivity contribution in [3.05, 3.63) is 83.1 Å². The fraction of sp³-hybridized carbons (Fsp3) is 0.174. The number of benzene rings is 3. The highest BCUT2D eigenvalue weighted by molar-refractivity contribution is 7.89. The number of carbonyl (C=O) groups is 1. The Morgan fingerprint density at radius 1 is 1.03 bits per heavy atom. The normalized spacial score (nSPS) is 11.3. The van der Waals surface area contributed by atoms with Crippen LogP contribution in [-0.4, -0.2) is 39.4 Å². The minimum absolute atomic E-state index is 0.233. The molecule has 7 nitrogen and oxygen atoms in total. The highest BCUT2D eigenvalue weighted by atomic mass is 35.5. The molecule has 0 aliphatic carbocycles. The summed E-state index contributed by atoms with van der Waals surface area (Å²) >= 11 is 6.21. The number of rotatable bonds is 9. The van der Waals surface area contributed by atoms with E-state index in [1.54, 1.807) is 42.5 Å². The fourth-order valence-electron chi connectivity index (χ4n) is 3.09. The quantitative estimate of drug-likeness (QED) is 0.480. The molecular weight excluding hydrogens is 471 g/mol. The van der Waals surface area contributed by atoms with Gasteiger partial charge in [0.2, 0.25) is 15.9 Å². The number of hydrogen-bond acceptors (Lipinski definition) is 5. The van der Waals surface area contributed by atoms with Crippen molar-refractivity contribution in [1.29, 1.82) is 0 Å². The van der Waals surface area contributed by atoms with Gasteiger partial charge in [-0.1, -0.05) is 41.9 Å². The summed E-state index contributed by atoms with van der Waals surface area (Å²) in [7, 11) is -1.45. The molecule has 0 radical (unpaired) electrons. The van der Waals surface area contributed by atoms with Crippen molar-refractivity contribution in [2.45, 2.75) is 11.4 Å². The van der Waals surface area contributed by atoms with E-state index >= 15 is 0 Å². The highest BCUT2D eigenvalue weighted by Crippen LogP contribution is 2.29. The summed E-state index contributed by atoms with van der Waals surface area (Å²) in [6, 6.07) is 16.4. The molecule has 0 saturated heterocycles. The zero-order chi connectivity index (χ0) is 24.0. The molecule has 3 aromatic carbocycles.